The minimum atomic E-state index is 0. The smallest absolute Gasteiger partial charge is 0.0933 e. The van der Waals surface area contributed by atoms with E-state index in [9.17, 15) is 0 Å². The number of benzene rings is 1. The van der Waals surface area contributed by atoms with Gasteiger partial charge in [-0.1, -0.05) is 32.0 Å². The van der Waals surface area contributed by atoms with Crippen molar-refractivity contribution in [3.63, 3.8) is 0 Å². The van der Waals surface area contributed by atoms with Gasteiger partial charge in [-0.2, -0.15) is 0 Å². The molecule has 1 aliphatic carbocycles. The first-order valence-corrected chi connectivity index (χ1v) is 8.66. The van der Waals surface area contributed by atoms with Crippen LogP contribution in [0.25, 0.3) is 10.9 Å². The van der Waals surface area contributed by atoms with Gasteiger partial charge in [-0.3, -0.25) is 4.98 Å². The molecule has 1 heterocycles. The van der Waals surface area contributed by atoms with E-state index in [-0.39, 0.29) is 12.4 Å². The Morgan fingerprint density at radius 1 is 1.04 bits per heavy atom. The highest BCUT2D eigenvalue weighted by molar-refractivity contribution is 5.90. The normalized spacial score (nSPS) is 21.2. The van der Waals surface area contributed by atoms with Crippen LogP contribution in [0, 0.1) is 0 Å². The summed E-state index contributed by atoms with van der Waals surface area (Å²) in [6.45, 7) is 6.89. The van der Waals surface area contributed by atoms with Crippen molar-refractivity contribution in [2.24, 2.45) is 0 Å². The molecule has 126 valence electrons. The average Bonchev–Trinajstić information content (AvgIpc) is 2.58. The maximum atomic E-state index is 4.55. The molecule has 1 aliphatic rings. The van der Waals surface area contributed by atoms with Gasteiger partial charge >= 0.3 is 0 Å². The number of rotatable bonds is 5. The maximum Gasteiger partial charge on any atom is 0.0933 e. The van der Waals surface area contributed by atoms with Gasteiger partial charge in [0, 0.05) is 23.7 Å². The van der Waals surface area contributed by atoms with Gasteiger partial charge in [0.05, 0.1) is 11.2 Å². The second kappa shape index (κ2) is 8.51. The third-order valence-corrected chi connectivity index (χ3v) is 5.02. The zero-order chi connectivity index (χ0) is 15.4. The van der Waals surface area contributed by atoms with E-state index in [2.05, 4.69) is 53.3 Å². The highest BCUT2D eigenvalue weighted by atomic mass is 35.5. The quantitative estimate of drug-likeness (QED) is 0.858. The number of anilines is 1. The first kappa shape index (κ1) is 18.0. The molecule has 3 nitrogen and oxygen atoms in total. The summed E-state index contributed by atoms with van der Waals surface area (Å²) in [5.41, 5.74) is 2.28. The van der Waals surface area contributed by atoms with E-state index in [0.717, 1.165) is 11.6 Å². The third-order valence-electron chi connectivity index (χ3n) is 5.02. The SMILES string of the molecule is CCN(CC)C1CCC(Nc2cccc3cccnc23)CC1.Cl. The number of hydrogen-bond donors (Lipinski definition) is 1. The molecule has 0 saturated heterocycles. The lowest BCUT2D eigenvalue weighted by molar-refractivity contribution is 0.167. The Hall–Kier alpha value is -1.32. The average molecular weight is 334 g/mol. The number of hydrogen-bond acceptors (Lipinski definition) is 3. The zero-order valence-corrected chi connectivity index (χ0v) is 15.0. The topological polar surface area (TPSA) is 28.2 Å². The van der Waals surface area contributed by atoms with Crippen LogP contribution in [-0.4, -0.2) is 35.1 Å². The Labute approximate surface area is 145 Å². The van der Waals surface area contributed by atoms with E-state index in [4.69, 9.17) is 0 Å². The maximum absolute atomic E-state index is 4.55. The molecule has 0 spiro atoms. The molecule has 0 atom stereocenters. The number of aromatic nitrogens is 1. The Bertz CT molecular complexity index is 599. The van der Waals surface area contributed by atoms with E-state index in [1.165, 1.54) is 49.8 Å². The highest BCUT2D eigenvalue weighted by Gasteiger charge is 2.24. The number of halogens is 1. The van der Waals surface area contributed by atoms with Crippen molar-refractivity contribution in [2.45, 2.75) is 51.6 Å². The van der Waals surface area contributed by atoms with Gasteiger partial charge in [-0.05, 0) is 50.9 Å². The summed E-state index contributed by atoms with van der Waals surface area (Å²) >= 11 is 0. The molecule has 1 saturated carbocycles. The molecule has 0 bridgehead atoms. The molecular weight excluding hydrogens is 306 g/mol. The van der Waals surface area contributed by atoms with Crippen LogP contribution < -0.4 is 5.32 Å². The lowest BCUT2D eigenvalue weighted by Gasteiger charge is -2.36. The van der Waals surface area contributed by atoms with Crippen LogP contribution in [0.4, 0.5) is 5.69 Å². The molecule has 0 aliphatic heterocycles. The van der Waals surface area contributed by atoms with Crippen LogP contribution in [0.15, 0.2) is 36.5 Å². The Morgan fingerprint density at radius 2 is 1.74 bits per heavy atom. The minimum absolute atomic E-state index is 0. The van der Waals surface area contributed by atoms with Crippen molar-refractivity contribution in [3.8, 4) is 0 Å². The van der Waals surface area contributed by atoms with E-state index in [1.54, 1.807) is 0 Å². The molecule has 3 rings (SSSR count). The highest BCUT2D eigenvalue weighted by Crippen LogP contribution is 2.28. The van der Waals surface area contributed by atoms with Gasteiger partial charge in [-0.15, -0.1) is 12.4 Å². The standard InChI is InChI=1S/C19H27N3.ClH/c1-3-22(4-2)17-12-10-16(11-13-17)21-18-9-5-7-15-8-6-14-20-19(15)18;/h5-9,14,16-17,21H,3-4,10-13H2,1-2H3;1H. The summed E-state index contributed by atoms with van der Waals surface area (Å²) < 4.78 is 0. The van der Waals surface area contributed by atoms with Gasteiger partial charge in [0.2, 0.25) is 0 Å². The van der Waals surface area contributed by atoms with Gasteiger partial charge in [-0.25, -0.2) is 0 Å². The van der Waals surface area contributed by atoms with Crippen molar-refractivity contribution in [2.75, 3.05) is 18.4 Å². The Balaban J connectivity index is 0.00000192. The van der Waals surface area contributed by atoms with Crippen LogP contribution in [0.2, 0.25) is 0 Å². The van der Waals surface area contributed by atoms with Gasteiger partial charge < -0.3 is 10.2 Å². The molecule has 1 N–H and O–H groups in total. The van der Waals surface area contributed by atoms with Gasteiger partial charge in [0.1, 0.15) is 0 Å². The molecule has 1 aromatic heterocycles. The lowest BCUT2D eigenvalue weighted by Crippen LogP contribution is -2.40. The first-order valence-electron chi connectivity index (χ1n) is 8.66. The summed E-state index contributed by atoms with van der Waals surface area (Å²) in [7, 11) is 0. The molecule has 23 heavy (non-hydrogen) atoms. The summed E-state index contributed by atoms with van der Waals surface area (Å²) in [6, 6.07) is 11.9. The number of fused-ring (bicyclic) bond motifs is 1. The predicted molar refractivity (Wildman–Crippen MR) is 102 cm³/mol. The zero-order valence-electron chi connectivity index (χ0n) is 14.2. The predicted octanol–water partition coefficient (Wildman–Crippen LogP) is 4.72. The fraction of sp³-hybridized carbons (Fsp3) is 0.526. The molecule has 0 amide bonds. The fourth-order valence-electron chi connectivity index (χ4n) is 3.77. The van der Waals surface area contributed by atoms with Crippen molar-refractivity contribution >= 4 is 29.0 Å². The molecule has 1 aromatic carbocycles. The third kappa shape index (κ3) is 4.15. The minimum Gasteiger partial charge on any atom is -0.381 e. The summed E-state index contributed by atoms with van der Waals surface area (Å²) in [5, 5.41) is 4.95. The summed E-state index contributed by atoms with van der Waals surface area (Å²) in [5.74, 6) is 0. The number of nitrogens with zero attached hydrogens (tertiary/aromatic N) is 2. The second-order valence-electron chi connectivity index (χ2n) is 6.25. The molecule has 0 unspecified atom stereocenters. The number of pyridine rings is 1. The molecule has 1 fully saturated rings. The number of nitrogens with one attached hydrogen (secondary N) is 1. The van der Waals surface area contributed by atoms with Gasteiger partial charge in [0.15, 0.2) is 0 Å². The number of para-hydroxylation sites is 1. The largest absolute Gasteiger partial charge is 0.381 e. The van der Waals surface area contributed by atoms with E-state index in [1.807, 2.05) is 12.3 Å². The molecule has 4 heteroatoms. The van der Waals surface area contributed by atoms with Crippen LogP contribution in [-0.2, 0) is 0 Å². The van der Waals surface area contributed by atoms with Crippen LogP contribution in [0.5, 0.6) is 0 Å². The molecule has 0 radical (unpaired) electrons. The van der Waals surface area contributed by atoms with Crippen molar-refractivity contribution < 1.29 is 0 Å². The van der Waals surface area contributed by atoms with E-state index in [0.29, 0.717) is 6.04 Å². The van der Waals surface area contributed by atoms with Crippen molar-refractivity contribution in [3.05, 3.63) is 36.5 Å². The Kier molecular flexibility index (Phi) is 6.67. The summed E-state index contributed by atoms with van der Waals surface area (Å²) in [6.07, 6.45) is 6.99. The van der Waals surface area contributed by atoms with Crippen LogP contribution >= 0.6 is 12.4 Å². The second-order valence-corrected chi connectivity index (χ2v) is 6.25. The molecule has 2 aromatic rings. The fourth-order valence-corrected chi connectivity index (χ4v) is 3.77. The lowest BCUT2D eigenvalue weighted by atomic mass is 9.90. The van der Waals surface area contributed by atoms with Crippen LogP contribution in [0.3, 0.4) is 0 Å². The van der Waals surface area contributed by atoms with Crippen LogP contribution in [0.1, 0.15) is 39.5 Å². The van der Waals surface area contributed by atoms with E-state index >= 15 is 0 Å². The summed E-state index contributed by atoms with van der Waals surface area (Å²) in [4.78, 5) is 7.15. The first-order chi connectivity index (χ1) is 10.8. The Morgan fingerprint density at radius 3 is 2.43 bits per heavy atom. The molecular formula is C19H28ClN3. The van der Waals surface area contributed by atoms with Gasteiger partial charge in [0.25, 0.3) is 0 Å². The van der Waals surface area contributed by atoms with Crippen molar-refractivity contribution in [1.82, 2.24) is 9.88 Å². The van der Waals surface area contributed by atoms with E-state index < -0.39 is 0 Å². The monoisotopic (exact) mass is 333 g/mol. The van der Waals surface area contributed by atoms with Crippen molar-refractivity contribution in [1.29, 1.82) is 0 Å².